The molecule has 3 nitrogen and oxygen atoms in total. The fraction of sp³-hybridized carbons (Fsp3) is 0.636. The Labute approximate surface area is 124 Å². The van der Waals surface area contributed by atoms with E-state index in [1.54, 1.807) is 6.92 Å². The summed E-state index contributed by atoms with van der Waals surface area (Å²) < 4.78 is 76.3. The first-order valence-electron chi connectivity index (χ1n) is 5.77. The number of aromatic nitrogens is 2. The summed E-state index contributed by atoms with van der Waals surface area (Å²) in [6.45, 7) is 3.35. The van der Waals surface area contributed by atoms with E-state index in [4.69, 9.17) is 0 Å². The second-order valence-electron chi connectivity index (χ2n) is 4.32. The van der Waals surface area contributed by atoms with Gasteiger partial charge in [-0.2, -0.15) is 31.4 Å². The second kappa shape index (κ2) is 5.98. The standard InChI is InChI=1S/C11H11BrF6N2O/c1-3-20-6(8(12)5(2)19-20)4-7(21)9(10(13,14)15)11(16,17)18/h9H,3-4H2,1-2H3. The zero-order chi connectivity index (χ0) is 16.6. The van der Waals surface area contributed by atoms with Crippen LogP contribution in [0, 0.1) is 12.8 Å². The van der Waals surface area contributed by atoms with E-state index in [-0.39, 0.29) is 16.7 Å². The Kier molecular flexibility index (Phi) is 5.12. The Morgan fingerprint density at radius 1 is 1.24 bits per heavy atom. The van der Waals surface area contributed by atoms with E-state index in [0.717, 1.165) is 0 Å². The van der Waals surface area contributed by atoms with Crippen LogP contribution < -0.4 is 0 Å². The Morgan fingerprint density at radius 3 is 2.10 bits per heavy atom. The van der Waals surface area contributed by atoms with Gasteiger partial charge in [0, 0.05) is 6.54 Å². The van der Waals surface area contributed by atoms with Crippen LogP contribution in [0.25, 0.3) is 0 Å². The van der Waals surface area contributed by atoms with Crippen LogP contribution in [-0.4, -0.2) is 27.9 Å². The fourth-order valence-corrected chi connectivity index (χ4v) is 2.28. The maximum atomic E-state index is 12.5. The van der Waals surface area contributed by atoms with Crippen molar-refractivity contribution in [3.8, 4) is 0 Å². The van der Waals surface area contributed by atoms with Gasteiger partial charge < -0.3 is 0 Å². The highest BCUT2D eigenvalue weighted by Gasteiger charge is 2.60. The summed E-state index contributed by atoms with van der Waals surface area (Å²) in [5.41, 5.74) is 0.383. The van der Waals surface area contributed by atoms with E-state index in [1.807, 2.05) is 0 Å². The van der Waals surface area contributed by atoms with E-state index in [0.29, 0.717) is 5.69 Å². The average Bonchev–Trinajstić information content (AvgIpc) is 2.52. The Morgan fingerprint density at radius 2 is 1.71 bits per heavy atom. The summed E-state index contributed by atoms with van der Waals surface area (Å²) in [5, 5.41) is 3.92. The van der Waals surface area contributed by atoms with E-state index in [2.05, 4.69) is 21.0 Å². The molecule has 0 fully saturated rings. The second-order valence-corrected chi connectivity index (χ2v) is 5.11. The molecule has 0 spiro atoms. The molecule has 1 rings (SSSR count). The molecule has 0 atom stereocenters. The summed E-state index contributed by atoms with van der Waals surface area (Å²) in [7, 11) is 0. The number of Topliss-reactive ketones (excluding diaryl/α,β-unsaturated/α-hetero) is 1. The van der Waals surface area contributed by atoms with Crippen molar-refractivity contribution in [2.75, 3.05) is 0 Å². The molecule has 0 saturated heterocycles. The minimum atomic E-state index is -5.67. The lowest BCUT2D eigenvalue weighted by Gasteiger charge is -2.21. The number of ketones is 1. The highest BCUT2D eigenvalue weighted by Crippen LogP contribution is 2.40. The third-order valence-corrected chi connectivity index (χ3v) is 3.80. The zero-order valence-corrected chi connectivity index (χ0v) is 12.5. The molecule has 120 valence electrons. The Bertz CT molecular complexity index is 520. The molecule has 0 aliphatic rings. The van der Waals surface area contributed by atoms with Gasteiger partial charge in [-0.25, -0.2) is 0 Å². The zero-order valence-electron chi connectivity index (χ0n) is 10.9. The maximum Gasteiger partial charge on any atom is 0.407 e. The lowest BCUT2D eigenvalue weighted by atomic mass is 9.99. The van der Waals surface area contributed by atoms with Gasteiger partial charge in [-0.15, -0.1) is 0 Å². The predicted octanol–water partition coefficient (Wildman–Crippen LogP) is 3.83. The number of alkyl halides is 6. The summed E-state index contributed by atoms with van der Waals surface area (Å²) in [6.07, 6.45) is -12.3. The number of carbonyl (C=O) groups excluding carboxylic acids is 1. The molecule has 0 unspecified atom stereocenters. The minimum Gasteiger partial charge on any atom is -0.298 e. The van der Waals surface area contributed by atoms with Gasteiger partial charge in [0.05, 0.1) is 22.3 Å². The molecule has 1 aromatic rings. The normalized spacial score (nSPS) is 13.0. The first-order valence-corrected chi connectivity index (χ1v) is 6.56. The van der Waals surface area contributed by atoms with Crippen molar-refractivity contribution >= 4 is 21.7 Å². The fourth-order valence-electron chi connectivity index (χ4n) is 1.86. The summed E-state index contributed by atoms with van der Waals surface area (Å²) in [5.74, 6) is -5.94. The highest BCUT2D eigenvalue weighted by molar-refractivity contribution is 9.10. The summed E-state index contributed by atoms with van der Waals surface area (Å²) >= 11 is 3.02. The van der Waals surface area contributed by atoms with Crippen LogP contribution in [0.3, 0.4) is 0 Å². The predicted molar refractivity (Wildman–Crippen MR) is 64.6 cm³/mol. The molecule has 10 heteroatoms. The lowest BCUT2D eigenvalue weighted by Crippen LogP contribution is -2.43. The van der Waals surface area contributed by atoms with Crippen molar-refractivity contribution in [2.45, 2.75) is 39.2 Å². The molecular formula is C11H11BrF6N2O. The van der Waals surface area contributed by atoms with Crippen LogP contribution in [0.15, 0.2) is 4.47 Å². The van der Waals surface area contributed by atoms with E-state index in [1.165, 1.54) is 11.6 Å². The molecule has 1 aromatic heterocycles. The van der Waals surface area contributed by atoms with Gasteiger partial charge in [0.25, 0.3) is 0 Å². The van der Waals surface area contributed by atoms with Crippen LogP contribution in [-0.2, 0) is 17.8 Å². The summed E-state index contributed by atoms with van der Waals surface area (Å²) in [6, 6.07) is 0. The number of rotatable bonds is 4. The SMILES string of the molecule is CCn1nc(C)c(Br)c1CC(=O)C(C(F)(F)F)C(F)(F)F. The minimum absolute atomic E-state index is 0.00139. The van der Waals surface area contributed by atoms with E-state index >= 15 is 0 Å². The molecule has 0 aromatic carbocycles. The van der Waals surface area contributed by atoms with Gasteiger partial charge in [0.1, 0.15) is 0 Å². The lowest BCUT2D eigenvalue weighted by molar-refractivity contribution is -0.273. The van der Waals surface area contributed by atoms with Crippen LogP contribution in [0.5, 0.6) is 0 Å². The van der Waals surface area contributed by atoms with Gasteiger partial charge in [0.15, 0.2) is 5.78 Å². The van der Waals surface area contributed by atoms with Crippen LogP contribution in [0.1, 0.15) is 18.3 Å². The van der Waals surface area contributed by atoms with Gasteiger partial charge in [-0.3, -0.25) is 9.48 Å². The number of nitrogens with zero attached hydrogens (tertiary/aromatic N) is 2. The molecule has 0 N–H and O–H groups in total. The molecule has 1 heterocycles. The van der Waals surface area contributed by atoms with E-state index in [9.17, 15) is 31.1 Å². The highest BCUT2D eigenvalue weighted by atomic mass is 79.9. The van der Waals surface area contributed by atoms with Gasteiger partial charge in [0.2, 0.25) is 5.92 Å². The third-order valence-electron chi connectivity index (χ3n) is 2.77. The Balaban J connectivity index is 3.15. The van der Waals surface area contributed by atoms with Gasteiger partial charge in [-0.05, 0) is 29.8 Å². The average molecular weight is 381 g/mol. The van der Waals surface area contributed by atoms with Crippen molar-refractivity contribution in [3.63, 3.8) is 0 Å². The monoisotopic (exact) mass is 380 g/mol. The topological polar surface area (TPSA) is 34.9 Å². The molecule has 0 bridgehead atoms. The van der Waals surface area contributed by atoms with Crippen LogP contribution in [0.4, 0.5) is 26.3 Å². The van der Waals surface area contributed by atoms with E-state index < -0.39 is 30.5 Å². The number of aryl methyl sites for hydroxylation is 2. The largest absolute Gasteiger partial charge is 0.407 e. The molecule has 21 heavy (non-hydrogen) atoms. The molecule has 0 saturated carbocycles. The number of hydrogen-bond acceptors (Lipinski definition) is 2. The number of carbonyl (C=O) groups is 1. The smallest absolute Gasteiger partial charge is 0.298 e. The van der Waals surface area contributed by atoms with Crippen LogP contribution in [0.2, 0.25) is 0 Å². The third kappa shape index (κ3) is 3.98. The maximum absolute atomic E-state index is 12.5. The first kappa shape index (κ1) is 18.0. The van der Waals surface area contributed by atoms with Gasteiger partial charge >= 0.3 is 12.4 Å². The Hall–Kier alpha value is -1.06. The molecule has 0 radical (unpaired) electrons. The molecule has 0 aliphatic heterocycles. The first-order chi connectivity index (χ1) is 9.39. The number of halogens is 7. The number of hydrogen-bond donors (Lipinski definition) is 0. The molecule has 0 amide bonds. The van der Waals surface area contributed by atoms with Crippen molar-refractivity contribution in [2.24, 2.45) is 5.92 Å². The van der Waals surface area contributed by atoms with Crippen molar-refractivity contribution < 1.29 is 31.1 Å². The van der Waals surface area contributed by atoms with Crippen LogP contribution >= 0.6 is 15.9 Å². The molecular weight excluding hydrogens is 370 g/mol. The van der Waals surface area contributed by atoms with Gasteiger partial charge in [-0.1, -0.05) is 0 Å². The van der Waals surface area contributed by atoms with Crippen molar-refractivity contribution in [3.05, 3.63) is 15.9 Å². The van der Waals surface area contributed by atoms with Crippen molar-refractivity contribution in [1.29, 1.82) is 0 Å². The molecule has 0 aliphatic carbocycles. The summed E-state index contributed by atoms with van der Waals surface area (Å²) in [4.78, 5) is 11.5. The quantitative estimate of drug-likeness (QED) is 0.744. The van der Waals surface area contributed by atoms with Crippen molar-refractivity contribution in [1.82, 2.24) is 9.78 Å².